The molecule has 0 saturated carbocycles. The van der Waals surface area contributed by atoms with E-state index in [1.54, 1.807) is 30.3 Å². The van der Waals surface area contributed by atoms with Crippen LogP contribution in [0, 0.1) is 0 Å². The summed E-state index contributed by atoms with van der Waals surface area (Å²) in [6, 6.07) is 7.48. The van der Waals surface area contributed by atoms with Gasteiger partial charge >= 0.3 is 6.03 Å². The standard InChI is InChI=1S/C20H23N3O6/c1-27-16-7-5-13(10-17(16)28-2)12-23-19(25)15(22-20(23)26)6-8-18(24)21-11-14-4-3-9-29-14/h3-5,7,9-10,15H,6,8,11-12H2,1-2H3,(H,21,24)(H,22,26)/t15-/m0/s1. The molecule has 1 saturated heterocycles. The predicted molar refractivity (Wildman–Crippen MR) is 102 cm³/mol. The van der Waals surface area contributed by atoms with Crippen molar-refractivity contribution in [3.8, 4) is 11.5 Å². The molecule has 0 spiro atoms. The highest BCUT2D eigenvalue weighted by Gasteiger charge is 2.37. The van der Waals surface area contributed by atoms with Crippen LogP contribution in [0.4, 0.5) is 4.79 Å². The van der Waals surface area contributed by atoms with E-state index in [0.29, 0.717) is 17.3 Å². The van der Waals surface area contributed by atoms with E-state index in [1.165, 1.54) is 20.5 Å². The molecule has 0 aliphatic carbocycles. The SMILES string of the molecule is COc1ccc(CN2C(=O)N[C@@H](CCC(=O)NCc3ccco3)C2=O)cc1OC. The zero-order valence-electron chi connectivity index (χ0n) is 16.3. The molecule has 154 valence electrons. The highest BCUT2D eigenvalue weighted by Crippen LogP contribution is 2.28. The van der Waals surface area contributed by atoms with Crippen LogP contribution >= 0.6 is 0 Å². The van der Waals surface area contributed by atoms with E-state index in [2.05, 4.69) is 10.6 Å². The number of methoxy groups -OCH3 is 2. The summed E-state index contributed by atoms with van der Waals surface area (Å²) < 4.78 is 15.6. The number of amides is 4. The summed E-state index contributed by atoms with van der Waals surface area (Å²) in [4.78, 5) is 37.9. The second-order valence-electron chi connectivity index (χ2n) is 6.51. The number of furan rings is 1. The van der Waals surface area contributed by atoms with Gasteiger partial charge < -0.3 is 24.5 Å². The largest absolute Gasteiger partial charge is 0.493 e. The minimum atomic E-state index is -0.725. The molecule has 9 nitrogen and oxygen atoms in total. The summed E-state index contributed by atoms with van der Waals surface area (Å²) >= 11 is 0. The van der Waals surface area contributed by atoms with E-state index >= 15 is 0 Å². The van der Waals surface area contributed by atoms with Gasteiger partial charge in [0.2, 0.25) is 5.91 Å². The van der Waals surface area contributed by atoms with Crippen molar-refractivity contribution >= 4 is 17.8 Å². The summed E-state index contributed by atoms with van der Waals surface area (Å²) in [7, 11) is 3.05. The number of urea groups is 1. The van der Waals surface area contributed by atoms with Crippen LogP contribution in [0.1, 0.15) is 24.2 Å². The van der Waals surface area contributed by atoms with Gasteiger partial charge in [0.05, 0.1) is 33.6 Å². The van der Waals surface area contributed by atoms with Crippen LogP contribution < -0.4 is 20.1 Å². The molecule has 2 N–H and O–H groups in total. The molecular formula is C20H23N3O6. The maximum Gasteiger partial charge on any atom is 0.325 e. The zero-order valence-corrected chi connectivity index (χ0v) is 16.3. The van der Waals surface area contributed by atoms with Gasteiger partial charge in [-0.25, -0.2) is 4.79 Å². The molecular weight excluding hydrogens is 378 g/mol. The van der Waals surface area contributed by atoms with Crippen molar-refractivity contribution in [2.24, 2.45) is 0 Å². The van der Waals surface area contributed by atoms with Crippen molar-refractivity contribution < 1.29 is 28.3 Å². The van der Waals surface area contributed by atoms with Crippen molar-refractivity contribution in [2.45, 2.75) is 32.0 Å². The van der Waals surface area contributed by atoms with Crippen LogP contribution in [0.5, 0.6) is 11.5 Å². The first kappa shape index (κ1) is 20.2. The van der Waals surface area contributed by atoms with Crippen molar-refractivity contribution in [1.29, 1.82) is 0 Å². The lowest BCUT2D eigenvalue weighted by molar-refractivity contribution is -0.128. The van der Waals surface area contributed by atoms with Crippen molar-refractivity contribution in [1.82, 2.24) is 15.5 Å². The molecule has 0 unspecified atom stereocenters. The Kier molecular flexibility index (Phi) is 6.38. The number of carbonyl (C=O) groups is 3. The Morgan fingerprint density at radius 1 is 1.21 bits per heavy atom. The summed E-state index contributed by atoms with van der Waals surface area (Å²) in [5, 5.41) is 5.35. The van der Waals surface area contributed by atoms with Crippen LogP contribution in [0.2, 0.25) is 0 Å². The number of hydrogen-bond donors (Lipinski definition) is 2. The van der Waals surface area contributed by atoms with E-state index in [1.807, 2.05) is 0 Å². The fraction of sp³-hybridized carbons (Fsp3) is 0.350. The molecule has 1 aromatic carbocycles. The number of ether oxygens (including phenoxy) is 2. The first-order valence-corrected chi connectivity index (χ1v) is 9.13. The zero-order chi connectivity index (χ0) is 20.8. The molecule has 1 aromatic heterocycles. The Morgan fingerprint density at radius 2 is 2.00 bits per heavy atom. The van der Waals surface area contributed by atoms with E-state index in [0.717, 1.165) is 10.5 Å². The molecule has 3 rings (SSSR count). The maximum absolute atomic E-state index is 12.6. The number of hydrogen-bond acceptors (Lipinski definition) is 6. The summed E-state index contributed by atoms with van der Waals surface area (Å²) in [5.74, 6) is 1.14. The normalized spacial score (nSPS) is 15.9. The van der Waals surface area contributed by atoms with E-state index in [9.17, 15) is 14.4 Å². The van der Waals surface area contributed by atoms with Gasteiger partial charge in [-0.05, 0) is 36.2 Å². The number of nitrogens with one attached hydrogen (secondary N) is 2. The van der Waals surface area contributed by atoms with Crippen LogP contribution in [-0.4, -0.2) is 43.0 Å². The highest BCUT2D eigenvalue weighted by atomic mass is 16.5. The second kappa shape index (κ2) is 9.13. The fourth-order valence-electron chi connectivity index (χ4n) is 3.05. The van der Waals surface area contributed by atoms with Crippen LogP contribution in [0.25, 0.3) is 0 Å². The summed E-state index contributed by atoms with van der Waals surface area (Å²) in [6.07, 6.45) is 1.86. The maximum atomic E-state index is 12.6. The monoisotopic (exact) mass is 401 g/mol. The Hall–Kier alpha value is -3.49. The van der Waals surface area contributed by atoms with E-state index < -0.39 is 12.1 Å². The number of carbonyl (C=O) groups excluding carboxylic acids is 3. The Labute approximate surface area is 167 Å². The minimum absolute atomic E-state index is 0.103. The Morgan fingerprint density at radius 3 is 2.69 bits per heavy atom. The fourth-order valence-corrected chi connectivity index (χ4v) is 3.05. The third-order valence-electron chi connectivity index (χ3n) is 4.60. The Balaban J connectivity index is 1.53. The molecule has 1 fully saturated rings. The third kappa shape index (κ3) is 4.87. The first-order valence-electron chi connectivity index (χ1n) is 9.13. The second-order valence-corrected chi connectivity index (χ2v) is 6.51. The molecule has 9 heteroatoms. The summed E-state index contributed by atoms with van der Waals surface area (Å²) in [5.41, 5.74) is 0.725. The van der Waals surface area contributed by atoms with Gasteiger partial charge in [0, 0.05) is 6.42 Å². The van der Waals surface area contributed by atoms with E-state index in [4.69, 9.17) is 13.9 Å². The number of rotatable bonds is 9. The van der Waals surface area contributed by atoms with Crippen LogP contribution in [0.15, 0.2) is 41.0 Å². The third-order valence-corrected chi connectivity index (χ3v) is 4.60. The van der Waals surface area contributed by atoms with Gasteiger partial charge in [-0.3, -0.25) is 14.5 Å². The van der Waals surface area contributed by atoms with Gasteiger partial charge in [0.25, 0.3) is 5.91 Å². The van der Waals surface area contributed by atoms with Gasteiger partial charge in [0.1, 0.15) is 11.8 Å². The van der Waals surface area contributed by atoms with Crippen LogP contribution in [-0.2, 0) is 22.7 Å². The average Bonchev–Trinajstić information content (AvgIpc) is 3.34. The molecule has 1 atom stereocenters. The van der Waals surface area contributed by atoms with Gasteiger partial charge in [-0.1, -0.05) is 6.07 Å². The lowest BCUT2D eigenvalue weighted by Gasteiger charge is -2.15. The lowest BCUT2D eigenvalue weighted by atomic mass is 10.1. The van der Waals surface area contributed by atoms with Crippen molar-refractivity contribution in [3.63, 3.8) is 0 Å². The van der Waals surface area contributed by atoms with Crippen molar-refractivity contribution in [3.05, 3.63) is 47.9 Å². The van der Waals surface area contributed by atoms with Gasteiger partial charge in [-0.2, -0.15) is 0 Å². The topological polar surface area (TPSA) is 110 Å². The lowest BCUT2D eigenvalue weighted by Crippen LogP contribution is -2.32. The molecule has 0 radical (unpaired) electrons. The van der Waals surface area contributed by atoms with Crippen molar-refractivity contribution in [2.75, 3.05) is 14.2 Å². The summed E-state index contributed by atoms with van der Waals surface area (Å²) in [6.45, 7) is 0.383. The van der Waals surface area contributed by atoms with Gasteiger partial charge in [0.15, 0.2) is 11.5 Å². The molecule has 1 aliphatic heterocycles. The molecule has 2 aromatic rings. The molecule has 0 bridgehead atoms. The molecule has 1 aliphatic rings. The van der Waals surface area contributed by atoms with Gasteiger partial charge in [-0.15, -0.1) is 0 Å². The predicted octanol–water partition coefficient (Wildman–Crippen LogP) is 1.81. The number of nitrogens with zero attached hydrogens (tertiary/aromatic N) is 1. The minimum Gasteiger partial charge on any atom is -0.493 e. The quantitative estimate of drug-likeness (QED) is 0.620. The highest BCUT2D eigenvalue weighted by molar-refractivity contribution is 6.04. The molecule has 4 amide bonds. The molecule has 2 heterocycles. The Bertz CT molecular complexity index is 880. The van der Waals surface area contributed by atoms with Crippen LogP contribution in [0.3, 0.4) is 0 Å². The average molecular weight is 401 g/mol. The molecule has 29 heavy (non-hydrogen) atoms. The first-order chi connectivity index (χ1) is 14.0. The number of imide groups is 1. The van der Waals surface area contributed by atoms with E-state index in [-0.39, 0.29) is 37.7 Å². The number of benzene rings is 1. The smallest absolute Gasteiger partial charge is 0.325 e.